The van der Waals surface area contributed by atoms with Gasteiger partial charge in [-0.2, -0.15) is 0 Å². The van der Waals surface area contributed by atoms with Crippen molar-refractivity contribution in [3.05, 3.63) is 35.1 Å². The maximum Gasteiger partial charge on any atom is 0.326 e. The van der Waals surface area contributed by atoms with Gasteiger partial charge in [0.25, 0.3) is 5.91 Å². The average Bonchev–Trinajstić information content (AvgIpc) is 2.54. The zero-order valence-electron chi connectivity index (χ0n) is 10.5. The molecule has 1 heterocycles. The largest absolute Gasteiger partial charge is 0.326 e. The van der Waals surface area contributed by atoms with Crippen molar-refractivity contribution in [2.75, 3.05) is 0 Å². The van der Waals surface area contributed by atoms with Crippen molar-refractivity contribution < 1.29 is 9.59 Å². The Balaban J connectivity index is 2.52. The molecule has 92 valence electrons. The number of imide groups is 1. The van der Waals surface area contributed by atoms with Crippen LogP contribution in [-0.2, 0) is 4.79 Å². The number of carbonyl (C=O) groups excluding carboxylic acids is 2. The summed E-state index contributed by atoms with van der Waals surface area (Å²) in [5, 5.41) is 4.59. The van der Waals surface area contributed by atoms with Crippen LogP contribution in [0.3, 0.4) is 0 Å². The predicted octanol–water partition coefficient (Wildman–Crippen LogP) is 2.40. The Morgan fingerprint density at radius 3 is 2.41 bits per heavy atom. The third kappa shape index (κ3) is 4.68. The molecule has 4 heteroatoms. The van der Waals surface area contributed by atoms with Gasteiger partial charge in [-0.3, -0.25) is 10.1 Å². The Labute approximate surface area is 101 Å². The molecular weight excluding hydrogens is 216 g/mol. The van der Waals surface area contributed by atoms with Crippen LogP contribution in [0.2, 0.25) is 0 Å². The quantitative estimate of drug-likeness (QED) is 0.446. The summed E-state index contributed by atoms with van der Waals surface area (Å²) >= 11 is 0. The highest BCUT2D eigenvalue weighted by molar-refractivity contribution is 6.11. The lowest BCUT2D eigenvalue weighted by molar-refractivity contribution is -0.115. The van der Waals surface area contributed by atoms with Gasteiger partial charge >= 0.3 is 6.03 Å². The number of nitrogens with one attached hydrogen (secondary N) is 2. The second kappa shape index (κ2) is 6.03. The topological polar surface area (TPSA) is 58.2 Å². The van der Waals surface area contributed by atoms with E-state index in [-0.39, 0.29) is 5.91 Å². The van der Waals surface area contributed by atoms with Crippen LogP contribution in [0.1, 0.15) is 33.6 Å². The molecule has 0 bridgehead atoms. The van der Waals surface area contributed by atoms with Crippen LogP contribution in [-0.4, -0.2) is 11.9 Å². The summed E-state index contributed by atoms with van der Waals surface area (Å²) in [5.41, 5.74) is 2.78. The van der Waals surface area contributed by atoms with Crippen LogP contribution >= 0.6 is 0 Å². The molecule has 0 aromatic rings. The standard InChI is InChI=1S/C13H18N2O2/c1-9(2)5-4-6-10(3)7-8-11-12(16)15-13(17)14-11/h5,7-8H,4,6H2,1-3H3,(H2,14,15,16,17)/b10-7+,11-8-. The summed E-state index contributed by atoms with van der Waals surface area (Å²) in [7, 11) is 0. The number of rotatable bonds is 4. The minimum Gasteiger partial charge on any atom is -0.303 e. The SMILES string of the molecule is CC(C)=CCC/C(C)=C/C=C1\NC(=O)NC1=O. The molecule has 1 aliphatic heterocycles. The van der Waals surface area contributed by atoms with Gasteiger partial charge in [0.2, 0.25) is 0 Å². The number of carbonyl (C=O) groups is 2. The molecule has 2 N–H and O–H groups in total. The lowest BCUT2D eigenvalue weighted by Gasteiger charge is -1.97. The third-order valence-corrected chi connectivity index (χ3v) is 2.35. The highest BCUT2D eigenvalue weighted by Crippen LogP contribution is 2.08. The van der Waals surface area contributed by atoms with E-state index in [4.69, 9.17) is 0 Å². The third-order valence-electron chi connectivity index (χ3n) is 2.35. The average molecular weight is 234 g/mol. The van der Waals surface area contributed by atoms with Gasteiger partial charge < -0.3 is 5.32 Å². The van der Waals surface area contributed by atoms with Crippen LogP contribution in [0.15, 0.2) is 35.1 Å². The van der Waals surface area contributed by atoms with E-state index in [1.54, 1.807) is 6.08 Å². The molecular formula is C13H18N2O2. The summed E-state index contributed by atoms with van der Waals surface area (Å²) in [4.78, 5) is 22.0. The van der Waals surface area contributed by atoms with E-state index >= 15 is 0 Å². The fourth-order valence-corrected chi connectivity index (χ4v) is 1.40. The summed E-state index contributed by atoms with van der Waals surface area (Å²) in [6, 6.07) is -0.461. The summed E-state index contributed by atoms with van der Waals surface area (Å²) in [6.45, 7) is 6.14. The fourth-order valence-electron chi connectivity index (χ4n) is 1.40. The second-order valence-electron chi connectivity index (χ2n) is 4.32. The first kappa shape index (κ1) is 13.2. The zero-order chi connectivity index (χ0) is 12.8. The van der Waals surface area contributed by atoms with Crippen molar-refractivity contribution in [3.8, 4) is 0 Å². The van der Waals surface area contributed by atoms with E-state index in [0.29, 0.717) is 5.70 Å². The Morgan fingerprint density at radius 1 is 1.18 bits per heavy atom. The Bertz CT molecular complexity index is 413. The lowest BCUT2D eigenvalue weighted by atomic mass is 10.1. The Kier molecular flexibility index (Phi) is 4.69. The minimum atomic E-state index is -0.461. The van der Waals surface area contributed by atoms with Crippen molar-refractivity contribution in [1.82, 2.24) is 10.6 Å². The van der Waals surface area contributed by atoms with Crippen LogP contribution in [0.5, 0.6) is 0 Å². The first-order chi connectivity index (χ1) is 7.99. The van der Waals surface area contributed by atoms with Crippen molar-refractivity contribution >= 4 is 11.9 Å². The van der Waals surface area contributed by atoms with E-state index in [0.717, 1.165) is 12.8 Å². The summed E-state index contributed by atoms with van der Waals surface area (Å²) < 4.78 is 0. The zero-order valence-corrected chi connectivity index (χ0v) is 10.5. The highest BCUT2D eigenvalue weighted by atomic mass is 16.2. The molecule has 1 rings (SSSR count). The van der Waals surface area contributed by atoms with Crippen LogP contribution in [0.4, 0.5) is 4.79 Å². The molecule has 0 aromatic heterocycles. The predicted molar refractivity (Wildman–Crippen MR) is 67.2 cm³/mol. The number of hydrogen-bond donors (Lipinski definition) is 2. The molecule has 0 saturated carbocycles. The van der Waals surface area contributed by atoms with Gasteiger partial charge in [0, 0.05) is 0 Å². The van der Waals surface area contributed by atoms with Gasteiger partial charge in [0.15, 0.2) is 0 Å². The van der Waals surface area contributed by atoms with Crippen molar-refractivity contribution in [3.63, 3.8) is 0 Å². The fraction of sp³-hybridized carbons (Fsp3) is 0.385. The van der Waals surface area contributed by atoms with Gasteiger partial charge in [-0.1, -0.05) is 23.3 Å². The molecule has 0 spiro atoms. The highest BCUT2D eigenvalue weighted by Gasteiger charge is 2.21. The summed E-state index contributed by atoms with van der Waals surface area (Å²) in [6.07, 6.45) is 7.61. The number of urea groups is 1. The van der Waals surface area contributed by atoms with Gasteiger partial charge in [-0.15, -0.1) is 0 Å². The van der Waals surface area contributed by atoms with E-state index in [2.05, 4.69) is 30.6 Å². The molecule has 1 fully saturated rings. The molecule has 4 nitrogen and oxygen atoms in total. The number of allylic oxidation sites excluding steroid dienone is 5. The number of amides is 3. The second-order valence-corrected chi connectivity index (χ2v) is 4.32. The van der Waals surface area contributed by atoms with Gasteiger partial charge in [0.05, 0.1) is 0 Å². The molecule has 0 aliphatic carbocycles. The monoisotopic (exact) mass is 234 g/mol. The van der Waals surface area contributed by atoms with Crippen LogP contribution in [0.25, 0.3) is 0 Å². The Hall–Kier alpha value is -1.84. The molecule has 3 amide bonds. The normalized spacial score (nSPS) is 18.1. The molecule has 0 atom stereocenters. The smallest absolute Gasteiger partial charge is 0.303 e. The lowest BCUT2D eigenvalue weighted by Crippen LogP contribution is -2.22. The van der Waals surface area contributed by atoms with Crippen molar-refractivity contribution in [1.29, 1.82) is 0 Å². The van der Waals surface area contributed by atoms with Gasteiger partial charge in [0.1, 0.15) is 5.70 Å². The van der Waals surface area contributed by atoms with Crippen molar-refractivity contribution in [2.45, 2.75) is 33.6 Å². The van der Waals surface area contributed by atoms with Gasteiger partial charge in [-0.25, -0.2) is 4.79 Å². The summed E-state index contributed by atoms with van der Waals surface area (Å²) in [5.74, 6) is -0.372. The maximum absolute atomic E-state index is 11.2. The minimum absolute atomic E-state index is 0.302. The molecule has 0 radical (unpaired) electrons. The van der Waals surface area contributed by atoms with E-state index in [1.165, 1.54) is 11.1 Å². The van der Waals surface area contributed by atoms with Gasteiger partial charge in [-0.05, 0) is 39.7 Å². The van der Waals surface area contributed by atoms with E-state index in [9.17, 15) is 9.59 Å². The molecule has 0 aromatic carbocycles. The van der Waals surface area contributed by atoms with Crippen LogP contribution in [0, 0.1) is 0 Å². The molecule has 17 heavy (non-hydrogen) atoms. The Morgan fingerprint density at radius 2 is 1.88 bits per heavy atom. The first-order valence-electron chi connectivity index (χ1n) is 5.62. The molecule has 1 saturated heterocycles. The molecule has 0 unspecified atom stereocenters. The van der Waals surface area contributed by atoms with Crippen LogP contribution < -0.4 is 10.6 Å². The number of hydrogen-bond acceptors (Lipinski definition) is 2. The van der Waals surface area contributed by atoms with Crippen molar-refractivity contribution in [2.24, 2.45) is 0 Å². The first-order valence-corrected chi connectivity index (χ1v) is 5.62. The maximum atomic E-state index is 11.2. The van der Waals surface area contributed by atoms with E-state index in [1.807, 2.05) is 13.0 Å². The van der Waals surface area contributed by atoms with E-state index < -0.39 is 6.03 Å². The molecule has 1 aliphatic rings.